The number of carboxylic acids is 1. The van der Waals surface area contributed by atoms with E-state index in [1.807, 2.05) is 0 Å². The fraction of sp³-hybridized carbons (Fsp3) is 0.250. The van der Waals surface area contributed by atoms with Crippen LogP contribution >= 0.6 is 0 Å². The van der Waals surface area contributed by atoms with Crippen LogP contribution in [0.1, 0.15) is 29.9 Å². The van der Waals surface area contributed by atoms with Gasteiger partial charge in [-0.15, -0.1) is 5.10 Å². The van der Waals surface area contributed by atoms with E-state index in [9.17, 15) is 14.7 Å². The van der Waals surface area contributed by atoms with Gasteiger partial charge in [-0.3, -0.25) is 9.78 Å². The van der Waals surface area contributed by atoms with Gasteiger partial charge in [-0.05, 0) is 18.6 Å². The van der Waals surface area contributed by atoms with Crippen LogP contribution in [-0.4, -0.2) is 37.0 Å². The quantitative estimate of drug-likeness (QED) is 0.817. The maximum absolute atomic E-state index is 11.5. The monoisotopic (exact) mass is 275 g/mol. The lowest BCUT2D eigenvalue weighted by atomic mass is 10.1. The molecule has 2 aromatic rings. The molecule has 0 saturated carbocycles. The Balaban J connectivity index is 2.65. The molecule has 8 nitrogen and oxygen atoms in total. The van der Waals surface area contributed by atoms with E-state index in [1.54, 1.807) is 19.1 Å². The third kappa shape index (κ3) is 2.35. The van der Waals surface area contributed by atoms with Crippen molar-refractivity contribution >= 4 is 11.9 Å². The molecule has 2 rings (SSSR count). The smallest absolute Gasteiger partial charge is 0.358 e. The average molecular weight is 275 g/mol. The topological polar surface area (TPSA) is 124 Å². The summed E-state index contributed by atoms with van der Waals surface area (Å²) in [6, 6.07) is 2.49. The van der Waals surface area contributed by atoms with Gasteiger partial charge >= 0.3 is 5.97 Å². The number of hydrogen-bond donors (Lipinski definition) is 2. The second-order valence-corrected chi connectivity index (χ2v) is 4.10. The molecule has 0 fully saturated rings. The van der Waals surface area contributed by atoms with Gasteiger partial charge in [0.05, 0.1) is 0 Å². The number of amides is 1. The van der Waals surface area contributed by atoms with E-state index < -0.39 is 17.9 Å². The molecule has 8 heteroatoms. The van der Waals surface area contributed by atoms with Crippen LogP contribution in [0.3, 0.4) is 0 Å². The van der Waals surface area contributed by atoms with Crippen molar-refractivity contribution in [1.29, 1.82) is 0 Å². The van der Waals surface area contributed by atoms with E-state index in [0.717, 1.165) is 0 Å². The summed E-state index contributed by atoms with van der Waals surface area (Å²) in [6.07, 6.45) is 3.42. The number of pyridine rings is 1. The average Bonchev–Trinajstić information content (AvgIpc) is 2.85. The zero-order valence-electron chi connectivity index (χ0n) is 10.7. The molecule has 20 heavy (non-hydrogen) atoms. The summed E-state index contributed by atoms with van der Waals surface area (Å²) in [5.74, 6) is -1.81. The highest BCUT2D eigenvalue weighted by Gasteiger charge is 2.26. The van der Waals surface area contributed by atoms with E-state index in [-0.39, 0.29) is 11.4 Å². The molecular weight excluding hydrogens is 262 g/mol. The Kier molecular flexibility index (Phi) is 3.74. The SMILES string of the molecule is CCC(C(N)=O)n1nnc(C(=O)O)c1-c1ccncc1. The third-order valence-electron chi connectivity index (χ3n) is 2.86. The number of aromatic nitrogens is 4. The third-order valence-corrected chi connectivity index (χ3v) is 2.86. The van der Waals surface area contributed by atoms with Gasteiger partial charge in [0.15, 0.2) is 5.69 Å². The molecule has 0 aliphatic rings. The minimum absolute atomic E-state index is 0.226. The number of carbonyl (C=O) groups excluding carboxylic acids is 1. The molecule has 0 bridgehead atoms. The van der Waals surface area contributed by atoms with Crippen LogP contribution in [0.2, 0.25) is 0 Å². The maximum Gasteiger partial charge on any atom is 0.358 e. The predicted octanol–water partition coefficient (Wildman–Crippen LogP) is 0.475. The lowest BCUT2D eigenvalue weighted by Crippen LogP contribution is -2.27. The number of aromatic carboxylic acids is 1. The molecule has 1 atom stereocenters. The predicted molar refractivity (Wildman–Crippen MR) is 68.7 cm³/mol. The number of carboxylic acid groups (broad SMARTS) is 1. The molecule has 0 spiro atoms. The summed E-state index contributed by atoms with van der Waals surface area (Å²) in [4.78, 5) is 26.6. The van der Waals surface area contributed by atoms with Gasteiger partial charge in [0.1, 0.15) is 11.7 Å². The van der Waals surface area contributed by atoms with Gasteiger partial charge in [-0.25, -0.2) is 9.48 Å². The Morgan fingerprint density at radius 3 is 2.55 bits per heavy atom. The molecule has 0 aliphatic carbocycles. The van der Waals surface area contributed by atoms with E-state index in [4.69, 9.17) is 5.73 Å². The van der Waals surface area contributed by atoms with Crippen LogP contribution in [0.4, 0.5) is 0 Å². The highest BCUT2D eigenvalue weighted by atomic mass is 16.4. The van der Waals surface area contributed by atoms with Gasteiger partial charge in [0.25, 0.3) is 0 Å². The van der Waals surface area contributed by atoms with E-state index in [2.05, 4.69) is 15.3 Å². The number of nitrogens with zero attached hydrogens (tertiary/aromatic N) is 4. The number of carbonyl (C=O) groups is 2. The Morgan fingerprint density at radius 2 is 2.05 bits per heavy atom. The van der Waals surface area contributed by atoms with Crippen molar-refractivity contribution in [3.05, 3.63) is 30.2 Å². The van der Waals surface area contributed by atoms with Gasteiger partial charge in [0, 0.05) is 18.0 Å². The van der Waals surface area contributed by atoms with Crippen LogP contribution in [0.15, 0.2) is 24.5 Å². The van der Waals surface area contributed by atoms with Crippen molar-refractivity contribution in [2.24, 2.45) is 5.73 Å². The number of rotatable bonds is 5. The molecular formula is C12H13N5O3. The largest absolute Gasteiger partial charge is 0.476 e. The molecule has 0 radical (unpaired) electrons. The van der Waals surface area contributed by atoms with Crippen LogP contribution in [0, 0.1) is 0 Å². The fourth-order valence-electron chi connectivity index (χ4n) is 1.93. The molecule has 1 amide bonds. The van der Waals surface area contributed by atoms with Crippen LogP contribution in [-0.2, 0) is 4.79 Å². The minimum Gasteiger partial charge on any atom is -0.476 e. The van der Waals surface area contributed by atoms with Crippen LogP contribution in [0.25, 0.3) is 11.3 Å². The van der Waals surface area contributed by atoms with Gasteiger partial charge in [-0.2, -0.15) is 0 Å². The molecule has 2 aromatic heterocycles. The Morgan fingerprint density at radius 1 is 1.40 bits per heavy atom. The Labute approximate surface area is 114 Å². The zero-order chi connectivity index (χ0) is 14.7. The molecule has 1 unspecified atom stereocenters. The second kappa shape index (κ2) is 5.47. The van der Waals surface area contributed by atoms with Crippen LogP contribution < -0.4 is 5.73 Å². The molecule has 3 N–H and O–H groups in total. The van der Waals surface area contributed by atoms with Crippen molar-refractivity contribution in [3.8, 4) is 11.3 Å². The molecule has 0 aliphatic heterocycles. The van der Waals surface area contributed by atoms with Gasteiger partial charge in [-0.1, -0.05) is 12.1 Å². The number of primary amides is 1. The summed E-state index contributed by atoms with van der Waals surface area (Å²) < 4.78 is 1.25. The van der Waals surface area contributed by atoms with Crippen molar-refractivity contribution < 1.29 is 14.7 Å². The second-order valence-electron chi connectivity index (χ2n) is 4.10. The van der Waals surface area contributed by atoms with Gasteiger partial charge < -0.3 is 10.8 Å². The fourth-order valence-corrected chi connectivity index (χ4v) is 1.93. The summed E-state index contributed by atoms with van der Waals surface area (Å²) in [7, 11) is 0. The van der Waals surface area contributed by atoms with Crippen molar-refractivity contribution in [3.63, 3.8) is 0 Å². The summed E-state index contributed by atoms with van der Waals surface area (Å²) in [5, 5.41) is 16.6. The summed E-state index contributed by atoms with van der Waals surface area (Å²) >= 11 is 0. The first-order valence-electron chi connectivity index (χ1n) is 5.94. The number of hydrogen-bond acceptors (Lipinski definition) is 5. The first kappa shape index (κ1) is 13.7. The van der Waals surface area contributed by atoms with Crippen molar-refractivity contribution in [1.82, 2.24) is 20.0 Å². The summed E-state index contributed by atoms with van der Waals surface area (Å²) in [5.41, 5.74) is 5.90. The van der Waals surface area contributed by atoms with Gasteiger partial charge in [0.2, 0.25) is 5.91 Å². The number of nitrogens with two attached hydrogens (primary N) is 1. The molecule has 2 heterocycles. The molecule has 0 aromatic carbocycles. The molecule has 104 valence electrons. The Bertz CT molecular complexity index is 638. The first-order valence-corrected chi connectivity index (χ1v) is 5.94. The van der Waals surface area contributed by atoms with E-state index in [0.29, 0.717) is 12.0 Å². The summed E-state index contributed by atoms with van der Waals surface area (Å²) in [6.45, 7) is 1.76. The lowest BCUT2D eigenvalue weighted by molar-refractivity contribution is -0.121. The highest BCUT2D eigenvalue weighted by molar-refractivity contribution is 5.93. The Hall–Kier alpha value is -2.77. The normalized spacial score (nSPS) is 12.1. The first-order chi connectivity index (χ1) is 9.56. The van der Waals surface area contributed by atoms with Crippen molar-refractivity contribution in [2.75, 3.05) is 0 Å². The molecule has 0 saturated heterocycles. The highest BCUT2D eigenvalue weighted by Crippen LogP contribution is 2.25. The van der Waals surface area contributed by atoms with E-state index in [1.165, 1.54) is 17.1 Å². The van der Waals surface area contributed by atoms with Crippen LogP contribution in [0.5, 0.6) is 0 Å². The van der Waals surface area contributed by atoms with Crippen molar-refractivity contribution in [2.45, 2.75) is 19.4 Å². The lowest BCUT2D eigenvalue weighted by Gasteiger charge is -2.14. The zero-order valence-corrected chi connectivity index (χ0v) is 10.7. The standard InChI is InChI=1S/C12H13N5O3/c1-2-8(11(13)18)17-10(7-3-5-14-6-4-7)9(12(19)20)15-16-17/h3-6,8H,2H2,1H3,(H2,13,18)(H,19,20). The minimum atomic E-state index is -1.22. The maximum atomic E-state index is 11.5. The van der Waals surface area contributed by atoms with E-state index >= 15 is 0 Å².